The summed E-state index contributed by atoms with van der Waals surface area (Å²) < 4.78 is 7.58. The number of carbonyl (C=O) groups is 4. The summed E-state index contributed by atoms with van der Waals surface area (Å²) in [6.07, 6.45) is 10.4. The molecule has 13 heteroatoms. The lowest BCUT2D eigenvalue weighted by Crippen LogP contribution is -2.54. The van der Waals surface area contributed by atoms with Crippen LogP contribution in [-0.2, 0) is 20.9 Å². The number of piperidine rings is 1. The van der Waals surface area contributed by atoms with Crippen molar-refractivity contribution < 1.29 is 23.9 Å². The molecule has 4 aliphatic rings. The molecule has 2 aromatic carbocycles. The van der Waals surface area contributed by atoms with Crippen LogP contribution in [0.25, 0.3) is 22.3 Å². The fourth-order valence-corrected chi connectivity index (χ4v) is 7.19. The normalized spacial score (nSPS) is 19.3. The van der Waals surface area contributed by atoms with Crippen molar-refractivity contribution in [3.8, 4) is 11.3 Å². The molecule has 1 saturated carbocycles. The van der Waals surface area contributed by atoms with Crippen molar-refractivity contribution in [3.05, 3.63) is 65.6 Å². The van der Waals surface area contributed by atoms with Crippen LogP contribution in [0.2, 0.25) is 0 Å². The quantitative estimate of drug-likeness (QED) is 0.164. The first-order valence-electron chi connectivity index (χ1n) is 17.7. The second kappa shape index (κ2) is 13.6. The zero-order valence-corrected chi connectivity index (χ0v) is 27.9. The number of ether oxygens (including phenoxy) is 1. The zero-order valence-electron chi connectivity index (χ0n) is 27.9. The maximum absolute atomic E-state index is 13.3. The Morgan fingerprint density at radius 3 is 2.56 bits per heavy atom. The molecule has 4 aromatic rings. The number of aryl methyl sites for hydroxylation is 1. The number of nitrogens with zero attached hydrogens (tertiary/aromatic N) is 6. The molecule has 0 bridgehead atoms. The van der Waals surface area contributed by atoms with E-state index in [0.717, 1.165) is 110 Å². The van der Waals surface area contributed by atoms with Crippen molar-refractivity contribution in [3.63, 3.8) is 0 Å². The van der Waals surface area contributed by atoms with Gasteiger partial charge in [0.05, 0.1) is 53.0 Å². The van der Waals surface area contributed by atoms with Crippen LogP contribution in [0.15, 0.2) is 48.8 Å². The van der Waals surface area contributed by atoms with E-state index in [9.17, 15) is 19.2 Å². The standard InChI is InChI=1S/C37H40N8O5/c46-32-13-12-31(35(47)41-32)45-36(48)25-6-5-7-28(33(25)37(45)49)38-14-3-1-2-4-15-44-22-26(34(42-44)23-8-9-23)30-21-39-27-11-10-24(20-29(27)40-30)43-16-18-50-19-17-43/h5-7,10-11,20-23,31,38H,1-4,8-9,12-19H2,(H,41,46,47). The van der Waals surface area contributed by atoms with Gasteiger partial charge in [-0.2, -0.15) is 5.10 Å². The molecule has 1 unspecified atom stereocenters. The highest BCUT2D eigenvalue weighted by atomic mass is 16.5. The molecule has 50 heavy (non-hydrogen) atoms. The highest BCUT2D eigenvalue weighted by Gasteiger charge is 2.45. The van der Waals surface area contributed by atoms with Crippen LogP contribution in [0.5, 0.6) is 0 Å². The molecule has 2 N–H and O–H groups in total. The minimum atomic E-state index is -0.978. The Hall–Kier alpha value is -5.17. The lowest BCUT2D eigenvalue weighted by atomic mass is 10.0. The molecule has 5 heterocycles. The molecule has 3 aliphatic heterocycles. The van der Waals surface area contributed by atoms with E-state index in [0.29, 0.717) is 18.2 Å². The Bertz CT molecular complexity index is 1980. The van der Waals surface area contributed by atoms with Gasteiger partial charge in [-0.05, 0) is 62.4 Å². The Balaban J connectivity index is 0.854. The van der Waals surface area contributed by atoms with Gasteiger partial charge in [-0.3, -0.25) is 39.1 Å². The van der Waals surface area contributed by atoms with E-state index in [2.05, 4.69) is 38.5 Å². The average molecular weight is 677 g/mol. The third-order valence-corrected chi connectivity index (χ3v) is 10.0. The second-order valence-electron chi connectivity index (χ2n) is 13.5. The number of unbranched alkanes of at least 4 members (excludes halogenated alkanes) is 3. The number of benzene rings is 2. The molecule has 4 amide bonds. The smallest absolute Gasteiger partial charge is 0.264 e. The maximum Gasteiger partial charge on any atom is 0.264 e. The molecule has 2 saturated heterocycles. The van der Waals surface area contributed by atoms with Crippen LogP contribution in [0.3, 0.4) is 0 Å². The van der Waals surface area contributed by atoms with E-state index in [1.807, 2.05) is 12.3 Å². The highest BCUT2D eigenvalue weighted by Crippen LogP contribution is 2.43. The Kier molecular flexibility index (Phi) is 8.73. The number of nitrogens with one attached hydrogen (secondary N) is 2. The molecule has 8 rings (SSSR count). The Morgan fingerprint density at radius 1 is 0.900 bits per heavy atom. The monoisotopic (exact) mass is 676 g/mol. The molecular weight excluding hydrogens is 636 g/mol. The largest absolute Gasteiger partial charge is 0.384 e. The number of hydrogen-bond acceptors (Lipinski definition) is 10. The molecule has 13 nitrogen and oxygen atoms in total. The predicted molar refractivity (Wildman–Crippen MR) is 186 cm³/mol. The average Bonchev–Trinajstić information content (AvgIpc) is 3.84. The number of anilines is 2. The number of morpholine rings is 1. The van der Waals surface area contributed by atoms with Crippen molar-refractivity contribution in [2.75, 3.05) is 43.1 Å². The third-order valence-electron chi connectivity index (χ3n) is 10.0. The first-order chi connectivity index (χ1) is 24.4. The molecule has 0 radical (unpaired) electrons. The Labute approximate surface area is 289 Å². The van der Waals surface area contributed by atoms with Gasteiger partial charge >= 0.3 is 0 Å². The summed E-state index contributed by atoms with van der Waals surface area (Å²) in [5, 5.41) is 10.6. The van der Waals surface area contributed by atoms with E-state index in [4.69, 9.17) is 19.8 Å². The number of hydrogen-bond donors (Lipinski definition) is 2. The number of aromatic nitrogens is 4. The summed E-state index contributed by atoms with van der Waals surface area (Å²) in [5.41, 5.74) is 7.12. The SMILES string of the molecule is O=C1CCC(N2C(=O)c3cccc(NCCCCCCn4cc(-c5cnc6ccc(N7CCOCC7)cc6n5)c(C5CC5)n4)c3C2=O)C(=O)N1. The fraction of sp³-hybridized carbons (Fsp3) is 0.432. The van der Waals surface area contributed by atoms with Gasteiger partial charge in [0.25, 0.3) is 11.8 Å². The van der Waals surface area contributed by atoms with Gasteiger partial charge in [0.1, 0.15) is 6.04 Å². The molecular formula is C37H40N8O5. The van der Waals surface area contributed by atoms with Crippen molar-refractivity contribution in [1.29, 1.82) is 0 Å². The van der Waals surface area contributed by atoms with Crippen LogP contribution in [0.4, 0.5) is 11.4 Å². The van der Waals surface area contributed by atoms with Crippen molar-refractivity contribution >= 4 is 46.0 Å². The lowest BCUT2D eigenvalue weighted by molar-refractivity contribution is -0.136. The van der Waals surface area contributed by atoms with Crippen molar-refractivity contribution in [2.24, 2.45) is 0 Å². The highest BCUT2D eigenvalue weighted by molar-refractivity contribution is 6.25. The van der Waals surface area contributed by atoms with Crippen LogP contribution in [0, 0.1) is 0 Å². The third kappa shape index (κ3) is 6.33. The van der Waals surface area contributed by atoms with E-state index >= 15 is 0 Å². The number of carbonyl (C=O) groups excluding carboxylic acids is 4. The van der Waals surface area contributed by atoms with E-state index in [-0.39, 0.29) is 24.0 Å². The number of fused-ring (bicyclic) bond motifs is 2. The first kappa shape index (κ1) is 32.1. The topological polar surface area (TPSA) is 152 Å². The number of rotatable bonds is 12. The molecule has 0 spiro atoms. The maximum atomic E-state index is 13.3. The summed E-state index contributed by atoms with van der Waals surface area (Å²) in [7, 11) is 0. The van der Waals surface area contributed by atoms with E-state index < -0.39 is 29.7 Å². The minimum absolute atomic E-state index is 0.0913. The summed E-state index contributed by atoms with van der Waals surface area (Å²) >= 11 is 0. The van der Waals surface area contributed by atoms with E-state index in [1.165, 1.54) is 0 Å². The number of amides is 4. The van der Waals surface area contributed by atoms with Crippen LogP contribution < -0.4 is 15.5 Å². The van der Waals surface area contributed by atoms with Gasteiger partial charge < -0.3 is 15.0 Å². The van der Waals surface area contributed by atoms with Crippen LogP contribution in [0.1, 0.15) is 83.7 Å². The van der Waals surface area contributed by atoms with Gasteiger partial charge in [-0.1, -0.05) is 18.9 Å². The molecule has 2 aromatic heterocycles. The second-order valence-corrected chi connectivity index (χ2v) is 13.5. The summed E-state index contributed by atoms with van der Waals surface area (Å²) in [6, 6.07) is 10.4. The summed E-state index contributed by atoms with van der Waals surface area (Å²) in [6.45, 7) is 4.67. The van der Waals surface area contributed by atoms with Crippen LogP contribution >= 0.6 is 0 Å². The first-order valence-corrected chi connectivity index (χ1v) is 17.7. The summed E-state index contributed by atoms with van der Waals surface area (Å²) in [4.78, 5) is 63.6. The molecule has 3 fully saturated rings. The molecule has 1 atom stereocenters. The van der Waals surface area contributed by atoms with Gasteiger partial charge in [0, 0.05) is 61.7 Å². The van der Waals surface area contributed by atoms with Gasteiger partial charge in [-0.15, -0.1) is 0 Å². The van der Waals surface area contributed by atoms with Gasteiger partial charge in [0.15, 0.2) is 0 Å². The molecule has 258 valence electrons. The zero-order chi connectivity index (χ0) is 34.2. The lowest BCUT2D eigenvalue weighted by Gasteiger charge is -2.28. The van der Waals surface area contributed by atoms with Gasteiger partial charge in [0.2, 0.25) is 11.8 Å². The van der Waals surface area contributed by atoms with Gasteiger partial charge in [-0.25, -0.2) is 4.98 Å². The van der Waals surface area contributed by atoms with Crippen molar-refractivity contribution in [2.45, 2.75) is 69.9 Å². The predicted octanol–water partition coefficient (Wildman–Crippen LogP) is 4.28. The van der Waals surface area contributed by atoms with Crippen LogP contribution in [-0.4, -0.2) is 87.2 Å². The summed E-state index contributed by atoms with van der Waals surface area (Å²) in [5.74, 6) is -1.52. The minimum Gasteiger partial charge on any atom is -0.384 e. The Morgan fingerprint density at radius 2 is 1.74 bits per heavy atom. The van der Waals surface area contributed by atoms with Crippen molar-refractivity contribution in [1.82, 2.24) is 30.0 Å². The molecule has 1 aliphatic carbocycles. The number of imide groups is 2. The fourth-order valence-electron chi connectivity index (χ4n) is 7.19. The van der Waals surface area contributed by atoms with E-state index in [1.54, 1.807) is 18.2 Å².